The van der Waals surface area contributed by atoms with Crippen molar-refractivity contribution in [2.24, 2.45) is 17.8 Å². The van der Waals surface area contributed by atoms with Crippen molar-refractivity contribution in [2.75, 3.05) is 32.7 Å². The van der Waals surface area contributed by atoms with Gasteiger partial charge in [-0.05, 0) is 37.8 Å². The highest BCUT2D eigenvalue weighted by Crippen LogP contribution is 2.44. The Morgan fingerprint density at radius 3 is 2.70 bits per heavy atom. The molecule has 3 aliphatic rings. The normalized spacial score (nSPS) is 28.4. The summed E-state index contributed by atoms with van der Waals surface area (Å²) in [6.45, 7) is 11.1. The standard InChI is InChI=1S/C21H31N3O2S/c1-4-14(2)11-23-12-16-17(13-23)21(22-19(16)25)7-9-24(10-8-21)20(26)18-6-5-15(3)27-18/h5-6,14,16-17H,4,7-13H2,1-3H3,(H,22,25)/t14?,16-,17+/m1/s1. The number of thiophene rings is 1. The molecule has 3 atom stereocenters. The van der Waals surface area contributed by atoms with E-state index in [4.69, 9.17) is 0 Å². The molecule has 0 bridgehead atoms. The highest BCUT2D eigenvalue weighted by atomic mass is 32.1. The van der Waals surface area contributed by atoms with Gasteiger partial charge in [-0.1, -0.05) is 20.3 Å². The van der Waals surface area contributed by atoms with Gasteiger partial charge in [-0.25, -0.2) is 0 Å². The van der Waals surface area contributed by atoms with Crippen molar-refractivity contribution in [1.29, 1.82) is 0 Å². The van der Waals surface area contributed by atoms with Crippen LogP contribution in [-0.2, 0) is 4.79 Å². The van der Waals surface area contributed by atoms with Crippen LogP contribution in [0.3, 0.4) is 0 Å². The number of aryl methyl sites for hydroxylation is 1. The molecule has 3 aliphatic heterocycles. The van der Waals surface area contributed by atoms with Crippen LogP contribution in [0.4, 0.5) is 0 Å². The zero-order valence-electron chi connectivity index (χ0n) is 16.7. The fourth-order valence-corrected chi connectivity index (χ4v) is 6.01. The fourth-order valence-electron chi connectivity index (χ4n) is 5.17. The molecule has 4 rings (SSSR count). The molecule has 1 spiro atoms. The predicted octanol–water partition coefficient (Wildman–Crippen LogP) is 2.76. The first-order chi connectivity index (χ1) is 12.9. The molecule has 0 radical (unpaired) electrons. The Morgan fingerprint density at radius 2 is 2.07 bits per heavy atom. The summed E-state index contributed by atoms with van der Waals surface area (Å²) < 4.78 is 0. The molecule has 1 aromatic heterocycles. The molecule has 0 aromatic carbocycles. The Labute approximate surface area is 166 Å². The Morgan fingerprint density at radius 1 is 1.33 bits per heavy atom. The van der Waals surface area contributed by atoms with Crippen molar-refractivity contribution >= 4 is 23.2 Å². The first-order valence-electron chi connectivity index (χ1n) is 10.3. The highest BCUT2D eigenvalue weighted by Gasteiger charge is 2.57. The first-order valence-corrected chi connectivity index (χ1v) is 11.1. The van der Waals surface area contributed by atoms with E-state index in [9.17, 15) is 9.59 Å². The zero-order chi connectivity index (χ0) is 19.2. The number of hydrogen-bond acceptors (Lipinski definition) is 4. The monoisotopic (exact) mass is 389 g/mol. The van der Waals surface area contributed by atoms with Crippen LogP contribution in [0.15, 0.2) is 12.1 Å². The minimum Gasteiger partial charge on any atom is -0.350 e. The molecule has 1 unspecified atom stereocenters. The van der Waals surface area contributed by atoms with Crippen LogP contribution in [-0.4, -0.2) is 59.9 Å². The zero-order valence-corrected chi connectivity index (χ0v) is 17.5. The third-order valence-corrected chi connectivity index (χ3v) is 7.96. The molecule has 0 saturated carbocycles. The van der Waals surface area contributed by atoms with E-state index < -0.39 is 0 Å². The third-order valence-electron chi connectivity index (χ3n) is 6.98. The van der Waals surface area contributed by atoms with Gasteiger partial charge in [0.25, 0.3) is 5.91 Å². The number of nitrogens with one attached hydrogen (secondary N) is 1. The average Bonchev–Trinajstić information content (AvgIpc) is 3.33. The Bertz CT molecular complexity index is 723. The number of nitrogens with zero attached hydrogens (tertiary/aromatic N) is 2. The maximum atomic E-state index is 12.8. The molecule has 27 heavy (non-hydrogen) atoms. The van der Waals surface area contributed by atoms with E-state index in [0.29, 0.717) is 11.8 Å². The quantitative estimate of drug-likeness (QED) is 0.862. The minimum absolute atomic E-state index is 0.103. The van der Waals surface area contributed by atoms with E-state index in [1.807, 2.05) is 24.0 Å². The van der Waals surface area contributed by atoms with Crippen molar-refractivity contribution in [2.45, 2.75) is 45.6 Å². The second-order valence-corrected chi connectivity index (χ2v) is 10.1. The van der Waals surface area contributed by atoms with Gasteiger partial charge >= 0.3 is 0 Å². The number of fused-ring (bicyclic) bond motifs is 2. The van der Waals surface area contributed by atoms with Gasteiger partial charge in [0.1, 0.15) is 0 Å². The average molecular weight is 390 g/mol. The number of piperidine rings is 1. The van der Waals surface area contributed by atoms with Crippen LogP contribution in [0, 0.1) is 24.7 Å². The summed E-state index contributed by atoms with van der Waals surface area (Å²) in [5.41, 5.74) is -0.103. The summed E-state index contributed by atoms with van der Waals surface area (Å²) in [4.78, 5) is 31.9. The van der Waals surface area contributed by atoms with Crippen molar-refractivity contribution in [3.63, 3.8) is 0 Å². The molecule has 0 aliphatic carbocycles. The van der Waals surface area contributed by atoms with Gasteiger partial charge in [-0.2, -0.15) is 0 Å². The number of likely N-dealkylation sites (tertiary alicyclic amines) is 2. The van der Waals surface area contributed by atoms with Gasteiger partial charge in [0, 0.05) is 49.1 Å². The van der Waals surface area contributed by atoms with E-state index in [2.05, 4.69) is 24.1 Å². The Balaban J connectivity index is 1.41. The Hall–Kier alpha value is -1.40. The van der Waals surface area contributed by atoms with Crippen molar-refractivity contribution in [1.82, 2.24) is 15.1 Å². The molecule has 6 heteroatoms. The van der Waals surface area contributed by atoms with Crippen molar-refractivity contribution in [3.05, 3.63) is 21.9 Å². The second kappa shape index (κ2) is 7.21. The van der Waals surface area contributed by atoms with E-state index in [-0.39, 0.29) is 23.3 Å². The lowest BCUT2D eigenvalue weighted by atomic mass is 9.75. The van der Waals surface area contributed by atoms with Crippen LogP contribution in [0.2, 0.25) is 0 Å². The molecule has 5 nitrogen and oxygen atoms in total. The molecular weight excluding hydrogens is 358 g/mol. The minimum atomic E-state index is -0.103. The predicted molar refractivity (Wildman–Crippen MR) is 108 cm³/mol. The smallest absolute Gasteiger partial charge is 0.263 e. The summed E-state index contributed by atoms with van der Waals surface area (Å²) in [5, 5.41) is 3.36. The van der Waals surface area contributed by atoms with Gasteiger partial charge in [0.05, 0.1) is 10.8 Å². The first kappa shape index (κ1) is 18.9. The largest absolute Gasteiger partial charge is 0.350 e. The van der Waals surface area contributed by atoms with Gasteiger partial charge < -0.3 is 15.1 Å². The molecule has 148 valence electrons. The van der Waals surface area contributed by atoms with Crippen LogP contribution < -0.4 is 5.32 Å². The summed E-state index contributed by atoms with van der Waals surface area (Å²) in [6, 6.07) is 3.94. The number of carbonyl (C=O) groups excluding carboxylic acids is 2. The Kier molecular flexibility index (Phi) is 5.06. The SMILES string of the molecule is CCC(C)CN1C[C@H]2C(=O)NC3(CCN(C(=O)c4ccc(C)s4)CC3)[C@H]2C1. The molecule has 4 heterocycles. The summed E-state index contributed by atoms with van der Waals surface area (Å²) in [7, 11) is 0. The van der Waals surface area contributed by atoms with Gasteiger partial charge in [0.15, 0.2) is 0 Å². The molecule has 3 saturated heterocycles. The maximum Gasteiger partial charge on any atom is 0.263 e. The van der Waals surface area contributed by atoms with Gasteiger partial charge in [-0.15, -0.1) is 11.3 Å². The van der Waals surface area contributed by atoms with E-state index in [1.165, 1.54) is 11.3 Å². The maximum absolute atomic E-state index is 12.8. The van der Waals surface area contributed by atoms with Crippen molar-refractivity contribution in [3.8, 4) is 0 Å². The van der Waals surface area contributed by atoms with E-state index in [1.54, 1.807) is 11.3 Å². The van der Waals surface area contributed by atoms with Crippen LogP contribution in [0.1, 0.15) is 47.7 Å². The molecule has 1 aromatic rings. The van der Waals surface area contributed by atoms with Crippen LogP contribution >= 0.6 is 11.3 Å². The van der Waals surface area contributed by atoms with Crippen LogP contribution in [0.25, 0.3) is 0 Å². The lowest BCUT2D eigenvalue weighted by Gasteiger charge is -2.42. The molecular formula is C21H31N3O2S. The summed E-state index contributed by atoms with van der Waals surface area (Å²) in [6.07, 6.45) is 2.95. The van der Waals surface area contributed by atoms with Crippen molar-refractivity contribution < 1.29 is 9.59 Å². The topological polar surface area (TPSA) is 52.7 Å². The fraction of sp³-hybridized carbons (Fsp3) is 0.714. The summed E-state index contributed by atoms with van der Waals surface area (Å²) >= 11 is 1.57. The van der Waals surface area contributed by atoms with Crippen LogP contribution in [0.5, 0.6) is 0 Å². The molecule has 1 N–H and O–H groups in total. The molecule has 2 amide bonds. The number of hydrogen-bond donors (Lipinski definition) is 1. The van der Waals surface area contributed by atoms with E-state index in [0.717, 1.165) is 50.4 Å². The third kappa shape index (κ3) is 3.42. The second-order valence-electron chi connectivity index (χ2n) is 8.79. The summed E-state index contributed by atoms with van der Waals surface area (Å²) in [5.74, 6) is 1.59. The lowest BCUT2D eigenvalue weighted by molar-refractivity contribution is -0.123. The molecule has 3 fully saturated rings. The number of amides is 2. The highest BCUT2D eigenvalue weighted by molar-refractivity contribution is 7.13. The van der Waals surface area contributed by atoms with E-state index >= 15 is 0 Å². The van der Waals surface area contributed by atoms with Gasteiger partial charge in [0.2, 0.25) is 5.91 Å². The number of carbonyl (C=O) groups is 2. The lowest BCUT2D eigenvalue weighted by Crippen LogP contribution is -2.56. The number of rotatable bonds is 4. The van der Waals surface area contributed by atoms with Gasteiger partial charge in [-0.3, -0.25) is 9.59 Å².